The number of sulfonamides is 1. The smallest absolute Gasteiger partial charge is 0.309 e. The van der Waals surface area contributed by atoms with E-state index in [2.05, 4.69) is 4.99 Å². The number of nitrogens with zero attached hydrogens (tertiary/aromatic N) is 5. The maximum absolute atomic E-state index is 13.3. The first-order chi connectivity index (χ1) is 20.8. The fourth-order valence-electron chi connectivity index (χ4n) is 5.55. The average Bonchev–Trinajstić information content (AvgIpc) is 3.80. The maximum Gasteiger partial charge on any atom is 0.309 e. The first-order valence-electron chi connectivity index (χ1n) is 14.5. The number of carbonyl (C=O) groups is 2. The number of amides is 1. The zero-order valence-corrected chi connectivity index (χ0v) is 25.5. The van der Waals surface area contributed by atoms with Crippen LogP contribution in [0.3, 0.4) is 0 Å². The molecule has 0 atom stereocenters. The van der Waals surface area contributed by atoms with Gasteiger partial charge in [0.1, 0.15) is 5.69 Å². The third-order valence-corrected chi connectivity index (χ3v) is 10.8. The molecule has 3 aliphatic rings. The number of ether oxygens (including phenoxy) is 1. The number of hydrogen-bond donors (Lipinski definition) is 0. The van der Waals surface area contributed by atoms with E-state index in [4.69, 9.17) is 9.84 Å². The van der Waals surface area contributed by atoms with Gasteiger partial charge in [0.2, 0.25) is 10.0 Å². The number of thioether (sulfide) groups is 1. The highest BCUT2D eigenvalue weighted by Gasteiger charge is 2.32. The lowest BCUT2D eigenvalue weighted by Gasteiger charge is -2.31. The van der Waals surface area contributed by atoms with Gasteiger partial charge in [0.15, 0.2) is 5.17 Å². The second-order valence-electron chi connectivity index (χ2n) is 10.7. The second kappa shape index (κ2) is 12.5. The van der Waals surface area contributed by atoms with Crippen LogP contribution in [0.15, 0.2) is 75.6 Å². The van der Waals surface area contributed by atoms with Gasteiger partial charge in [-0.2, -0.15) is 14.4 Å². The van der Waals surface area contributed by atoms with Crippen molar-refractivity contribution in [1.82, 2.24) is 19.0 Å². The van der Waals surface area contributed by atoms with E-state index < -0.39 is 10.0 Å². The monoisotopic (exact) mass is 619 g/mol. The molecule has 0 bridgehead atoms. The molecule has 0 aliphatic carbocycles. The van der Waals surface area contributed by atoms with Gasteiger partial charge in [0.25, 0.3) is 5.91 Å². The van der Waals surface area contributed by atoms with Gasteiger partial charge in [-0.3, -0.25) is 9.59 Å². The number of amidine groups is 1. The van der Waals surface area contributed by atoms with E-state index in [1.165, 1.54) is 16.1 Å². The molecule has 4 heterocycles. The molecule has 2 aromatic carbocycles. The molecule has 1 aromatic heterocycles. The largest absolute Gasteiger partial charge is 0.466 e. The molecule has 224 valence electrons. The van der Waals surface area contributed by atoms with Gasteiger partial charge in [-0.15, -0.1) is 0 Å². The first-order valence-corrected chi connectivity index (χ1v) is 16.8. The van der Waals surface area contributed by atoms with Crippen LogP contribution in [0.5, 0.6) is 0 Å². The molecule has 3 aromatic rings. The predicted octanol–water partition coefficient (Wildman–Crippen LogP) is 4.57. The summed E-state index contributed by atoms with van der Waals surface area (Å²) in [6.07, 6.45) is 6.63. The van der Waals surface area contributed by atoms with E-state index in [0.717, 1.165) is 18.5 Å². The standard InChI is InChI=1S/C31H33N5O5S2/c1-2-41-30(38)22-13-17-34(18-14-22)31-32-29(37)27(42-31)20-24-21-36(25-10-4-3-5-11-25)33-28(24)23-9-8-12-26(19-23)43(39,40)35-15-6-7-16-35/h3-5,8-12,19-22H,2,6-7,13-18H2,1H3/b27-20-. The van der Waals surface area contributed by atoms with Crippen LogP contribution in [0, 0.1) is 5.92 Å². The van der Waals surface area contributed by atoms with Crippen LogP contribution in [0.1, 0.15) is 38.2 Å². The molecule has 2 fully saturated rings. The first kappa shape index (κ1) is 29.3. The van der Waals surface area contributed by atoms with Gasteiger partial charge >= 0.3 is 5.97 Å². The van der Waals surface area contributed by atoms with Crippen LogP contribution in [0.2, 0.25) is 0 Å². The number of likely N-dealkylation sites (tertiary alicyclic amines) is 1. The summed E-state index contributed by atoms with van der Waals surface area (Å²) in [6, 6.07) is 16.5. The molecular weight excluding hydrogens is 587 g/mol. The molecule has 43 heavy (non-hydrogen) atoms. The Morgan fingerprint density at radius 1 is 1.05 bits per heavy atom. The van der Waals surface area contributed by atoms with Crippen molar-refractivity contribution in [2.75, 3.05) is 32.8 Å². The van der Waals surface area contributed by atoms with E-state index in [9.17, 15) is 18.0 Å². The predicted molar refractivity (Wildman–Crippen MR) is 166 cm³/mol. The number of aliphatic imine (C=N–C) groups is 1. The lowest BCUT2D eigenvalue weighted by Crippen LogP contribution is -2.39. The van der Waals surface area contributed by atoms with Crippen LogP contribution >= 0.6 is 11.8 Å². The summed E-state index contributed by atoms with van der Waals surface area (Å²) in [4.78, 5) is 32.3. The topological polar surface area (TPSA) is 114 Å². The normalized spacial score (nSPS) is 19.3. The van der Waals surface area contributed by atoms with Gasteiger partial charge in [0.05, 0.1) is 28.0 Å². The van der Waals surface area contributed by atoms with Crippen molar-refractivity contribution in [3.63, 3.8) is 0 Å². The van der Waals surface area contributed by atoms with Crippen LogP contribution in [-0.2, 0) is 24.3 Å². The molecular formula is C31H33N5O5S2. The average molecular weight is 620 g/mol. The summed E-state index contributed by atoms with van der Waals surface area (Å²) >= 11 is 1.30. The Kier molecular flexibility index (Phi) is 8.51. The highest BCUT2D eigenvalue weighted by molar-refractivity contribution is 8.18. The van der Waals surface area contributed by atoms with E-state index in [-0.39, 0.29) is 22.7 Å². The highest BCUT2D eigenvalue weighted by Crippen LogP contribution is 2.35. The summed E-state index contributed by atoms with van der Waals surface area (Å²) in [5.74, 6) is -0.637. The minimum atomic E-state index is -3.62. The van der Waals surface area contributed by atoms with Crippen LogP contribution in [-0.4, -0.2) is 77.2 Å². The minimum absolute atomic E-state index is 0.134. The molecule has 12 heteroatoms. The molecule has 0 radical (unpaired) electrons. The van der Waals surface area contributed by atoms with Crippen molar-refractivity contribution in [2.24, 2.45) is 10.9 Å². The Bertz CT molecular complexity index is 1690. The van der Waals surface area contributed by atoms with Crippen molar-refractivity contribution >= 4 is 44.9 Å². The number of rotatable bonds is 7. The Hall–Kier alpha value is -3.74. The second-order valence-corrected chi connectivity index (χ2v) is 13.6. The number of aromatic nitrogens is 2. The summed E-state index contributed by atoms with van der Waals surface area (Å²) in [5.41, 5.74) is 2.71. The Labute approximate surface area is 255 Å². The van der Waals surface area contributed by atoms with Crippen molar-refractivity contribution < 1.29 is 22.7 Å². The Balaban J connectivity index is 1.29. The number of para-hydroxylation sites is 1. The summed E-state index contributed by atoms with van der Waals surface area (Å²) in [7, 11) is -3.62. The molecule has 0 unspecified atom stereocenters. The number of benzene rings is 2. The third kappa shape index (κ3) is 6.17. The van der Waals surface area contributed by atoms with E-state index in [0.29, 0.717) is 72.5 Å². The van der Waals surface area contributed by atoms with Gasteiger partial charge < -0.3 is 9.64 Å². The molecule has 3 aliphatic heterocycles. The summed E-state index contributed by atoms with van der Waals surface area (Å²) in [5, 5.41) is 5.46. The molecule has 0 spiro atoms. The molecule has 10 nitrogen and oxygen atoms in total. The molecule has 6 rings (SSSR count). The van der Waals surface area contributed by atoms with Gasteiger partial charge in [-0.05, 0) is 74.7 Å². The van der Waals surface area contributed by atoms with Crippen molar-refractivity contribution in [3.8, 4) is 16.9 Å². The Morgan fingerprint density at radius 3 is 2.51 bits per heavy atom. The lowest BCUT2D eigenvalue weighted by atomic mass is 9.97. The van der Waals surface area contributed by atoms with E-state index in [1.807, 2.05) is 47.5 Å². The third-order valence-electron chi connectivity index (χ3n) is 7.85. The van der Waals surface area contributed by atoms with Gasteiger partial charge in [-0.1, -0.05) is 30.3 Å². The van der Waals surface area contributed by atoms with E-state index >= 15 is 0 Å². The molecule has 1 amide bonds. The molecule has 0 saturated carbocycles. The number of esters is 1. The maximum atomic E-state index is 13.3. The van der Waals surface area contributed by atoms with Crippen molar-refractivity contribution in [1.29, 1.82) is 0 Å². The minimum Gasteiger partial charge on any atom is -0.466 e. The zero-order chi connectivity index (χ0) is 30.0. The lowest BCUT2D eigenvalue weighted by molar-refractivity contribution is -0.149. The fourth-order valence-corrected chi connectivity index (χ4v) is 8.07. The van der Waals surface area contributed by atoms with Crippen LogP contribution in [0.25, 0.3) is 23.0 Å². The molecule has 2 saturated heterocycles. The van der Waals surface area contributed by atoms with Crippen LogP contribution in [0.4, 0.5) is 0 Å². The SMILES string of the molecule is CCOC(=O)C1CCN(C2=NC(=O)/C(=C/c3cn(-c4ccccc4)nc3-c3cccc(S(=O)(=O)N4CCCC4)c3)S2)CC1. The number of piperidine rings is 1. The highest BCUT2D eigenvalue weighted by atomic mass is 32.2. The fraction of sp³-hybridized carbons (Fsp3) is 0.355. The van der Waals surface area contributed by atoms with Crippen LogP contribution < -0.4 is 0 Å². The van der Waals surface area contributed by atoms with Gasteiger partial charge in [-0.25, -0.2) is 13.1 Å². The van der Waals surface area contributed by atoms with Crippen molar-refractivity contribution in [2.45, 2.75) is 37.5 Å². The number of hydrogen-bond acceptors (Lipinski definition) is 8. The molecule has 0 N–H and O–H groups in total. The number of carbonyl (C=O) groups excluding carboxylic acids is 2. The van der Waals surface area contributed by atoms with E-state index in [1.54, 1.807) is 35.9 Å². The van der Waals surface area contributed by atoms with Crippen molar-refractivity contribution in [3.05, 3.63) is 71.3 Å². The summed E-state index contributed by atoms with van der Waals surface area (Å²) < 4.78 is 35.1. The summed E-state index contributed by atoms with van der Waals surface area (Å²) in [6.45, 7) is 4.45. The van der Waals surface area contributed by atoms with Gasteiger partial charge in [0, 0.05) is 43.5 Å². The zero-order valence-electron chi connectivity index (χ0n) is 23.9. The quantitative estimate of drug-likeness (QED) is 0.279. The Morgan fingerprint density at radius 2 is 1.79 bits per heavy atom.